The molecule has 0 saturated heterocycles. The molecule has 1 atom stereocenters. The third kappa shape index (κ3) is 5.46. The van der Waals surface area contributed by atoms with Crippen molar-refractivity contribution in [3.63, 3.8) is 0 Å². The van der Waals surface area contributed by atoms with Gasteiger partial charge in [0, 0.05) is 28.4 Å². The molecule has 2 aromatic heterocycles. The number of H-pyrrole nitrogens is 1. The van der Waals surface area contributed by atoms with Crippen LogP contribution in [0.2, 0.25) is 0 Å². The van der Waals surface area contributed by atoms with Crippen molar-refractivity contribution in [2.24, 2.45) is 5.73 Å². The molecule has 12 heteroatoms. The third-order valence-electron chi connectivity index (χ3n) is 6.13. The van der Waals surface area contributed by atoms with Crippen molar-refractivity contribution in [2.45, 2.75) is 26.8 Å². The van der Waals surface area contributed by atoms with Crippen LogP contribution in [-0.4, -0.2) is 46.2 Å². The van der Waals surface area contributed by atoms with Gasteiger partial charge in [0.05, 0.1) is 12.3 Å². The van der Waals surface area contributed by atoms with Crippen LogP contribution in [0.5, 0.6) is 0 Å². The van der Waals surface area contributed by atoms with E-state index in [9.17, 15) is 19.2 Å². The lowest BCUT2D eigenvalue weighted by molar-refractivity contribution is -0.143. The Labute approximate surface area is 228 Å². The van der Waals surface area contributed by atoms with Crippen molar-refractivity contribution in [3.8, 4) is 0 Å². The Morgan fingerprint density at radius 1 is 1.15 bits per heavy atom. The minimum atomic E-state index is -1.25. The Hall–Kier alpha value is -4.71. The molecule has 0 radical (unpaired) electrons. The highest BCUT2D eigenvalue weighted by Crippen LogP contribution is 2.37. The molecule has 0 bridgehead atoms. The fourth-order valence-electron chi connectivity index (χ4n) is 4.27. The molecule has 39 heavy (non-hydrogen) atoms. The summed E-state index contributed by atoms with van der Waals surface area (Å²) in [5.74, 6) is -2.78. The molecule has 6 N–H and O–H groups in total. The van der Waals surface area contributed by atoms with E-state index in [-0.39, 0.29) is 22.9 Å². The molecule has 3 amide bonds. The molecule has 0 aliphatic heterocycles. The number of ether oxygens (including phenoxy) is 1. The Balaban J connectivity index is 1.93. The SMILES string of the molecule is CCOC(=O)CNC(=O)C(c1c[nH]c2ccccc12)N(C(=O)c1snc(C(N)=O)c1N)c1cc(C)ccc1C. The maximum absolute atomic E-state index is 14.3. The molecule has 1 unspecified atom stereocenters. The molecule has 0 aliphatic rings. The first kappa shape index (κ1) is 27.3. The number of hydrogen-bond acceptors (Lipinski definition) is 8. The second kappa shape index (κ2) is 11.4. The first-order chi connectivity index (χ1) is 18.6. The molecule has 2 heterocycles. The van der Waals surface area contributed by atoms with E-state index in [1.165, 1.54) is 4.90 Å². The number of carbonyl (C=O) groups excluding carboxylic acids is 4. The zero-order valence-electron chi connectivity index (χ0n) is 21.6. The smallest absolute Gasteiger partial charge is 0.325 e. The highest BCUT2D eigenvalue weighted by molar-refractivity contribution is 7.09. The highest BCUT2D eigenvalue weighted by Gasteiger charge is 2.38. The highest BCUT2D eigenvalue weighted by atomic mass is 32.1. The topological polar surface area (TPSA) is 174 Å². The van der Waals surface area contributed by atoms with Gasteiger partial charge in [-0.1, -0.05) is 30.3 Å². The molecule has 11 nitrogen and oxygen atoms in total. The van der Waals surface area contributed by atoms with Gasteiger partial charge in [-0.15, -0.1) is 0 Å². The number of hydrogen-bond donors (Lipinski definition) is 4. The van der Waals surface area contributed by atoms with E-state index >= 15 is 0 Å². The summed E-state index contributed by atoms with van der Waals surface area (Å²) in [5.41, 5.74) is 14.4. The normalized spacial score (nSPS) is 11.7. The van der Waals surface area contributed by atoms with E-state index in [0.29, 0.717) is 22.2 Å². The minimum Gasteiger partial charge on any atom is -0.465 e. The molecule has 0 spiro atoms. The molecule has 4 rings (SSSR count). The Bertz CT molecular complexity index is 1580. The van der Waals surface area contributed by atoms with E-state index < -0.39 is 36.3 Å². The van der Waals surface area contributed by atoms with Crippen molar-refractivity contribution in [1.29, 1.82) is 0 Å². The first-order valence-electron chi connectivity index (χ1n) is 12.1. The van der Waals surface area contributed by atoms with Gasteiger partial charge in [-0.05, 0) is 55.6 Å². The van der Waals surface area contributed by atoms with Crippen LogP contribution in [-0.2, 0) is 14.3 Å². The van der Waals surface area contributed by atoms with Crippen LogP contribution in [0.4, 0.5) is 11.4 Å². The van der Waals surface area contributed by atoms with Gasteiger partial charge >= 0.3 is 5.97 Å². The number of nitrogens with one attached hydrogen (secondary N) is 2. The number of primary amides is 1. The summed E-state index contributed by atoms with van der Waals surface area (Å²) < 4.78 is 8.94. The minimum absolute atomic E-state index is 0.0484. The van der Waals surface area contributed by atoms with Crippen molar-refractivity contribution < 1.29 is 23.9 Å². The van der Waals surface area contributed by atoms with Crippen LogP contribution in [0.15, 0.2) is 48.7 Å². The van der Waals surface area contributed by atoms with Crippen LogP contribution >= 0.6 is 11.5 Å². The standard InChI is InChI=1S/C27H28N6O5S/c1-4-38-20(34)13-31-26(36)23(17-12-30-18-8-6-5-7-16(17)18)33(19-11-14(2)9-10-15(19)3)27(37)24-21(28)22(25(29)35)32-39-24/h5-12,23,30H,4,13,28H2,1-3H3,(H2,29,35)(H,31,36). The number of carbonyl (C=O) groups is 4. The lowest BCUT2D eigenvalue weighted by atomic mass is 10.00. The fourth-order valence-corrected chi connectivity index (χ4v) is 5.01. The Kier molecular flexibility index (Phi) is 7.96. The van der Waals surface area contributed by atoms with Gasteiger partial charge in [0.15, 0.2) is 5.69 Å². The van der Waals surface area contributed by atoms with E-state index in [2.05, 4.69) is 14.7 Å². The molecule has 2 aromatic carbocycles. The van der Waals surface area contributed by atoms with Crippen molar-refractivity contribution in [3.05, 3.63) is 75.9 Å². The van der Waals surface area contributed by atoms with Crippen LogP contribution in [0.1, 0.15) is 49.8 Å². The average Bonchev–Trinajstić information content (AvgIpc) is 3.51. The second-order valence-corrected chi connectivity index (χ2v) is 9.59. The lowest BCUT2D eigenvalue weighted by Crippen LogP contribution is -2.45. The molecule has 0 aliphatic carbocycles. The van der Waals surface area contributed by atoms with Gasteiger partial charge in [-0.3, -0.25) is 24.1 Å². The van der Waals surface area contributed by atoms with Gasteiger partial charge in [0.1, 0.15) is 17.5 Å². The van der Waals surface area contributed by atoms with Crippen LogP contribution in [0.3, 0.4) is 0 Å². The van der Waals surface area contributed by atoms with Gasteiger partial charge in [-0.25, -0.2) is 0 Å². The van der Waals surface area contributed by atoms with E-state index in [1.807, 2.05) is 50.2 Å². The fraction of sp³-hybridized carbons (Fsp3) is 0.222. The average molecular weight is 549 g/mol. The monoisotopic (exact) mass is 548 g/mol. The number of esters is 1. The number of aromatic nitrogens is 2. The second-order valence-electron chi connectivity index (χ2n) is 8.82. The van der Waals surface area contributed by atoms with E-state index in [0.717, 1.165) is 22.6 Å². The summed E-state index contributed by atoms with van der Waals surface area (Å²) in [6, 6.07) is 11.6. The Morgan fingerprint density at radius 3 is 2.59 bits per heavy atom. The number of amides is 3. The van der Waals surface area contributed by atoms with Crippen molar-refractivity contribution >= 4 is 57.5 Å². The summed E-state index contributed by atoms with van der Waals surface area (Å²) in [6.45, 7) is 5.09. The predicted octanol–water partition coefficient (Wildman–Crippen LogP) is 2.99. The summed E-state index contributed by atoms with van der Waals surface area (Å²) in [5, 5.41) is 3.31. The quantitative estimate of drug-likeness (QED) is 0.233. The molecular weight excluding hydrogens is 520 g/mol. The van der Waals surface area contributed by atoms with E-state index in [4.69, 9.17) is 16.2 Å². The summed E-state index contributed by atoms with van der Waals surface area (Å²) in [4.78, 5) is 56.5. The van der Waals surface area contributed by atoms with Gasteiger partial charge in [0.2, 0.25) is 5.91 Å². The molecular formula is C27H28N6O5S. The lowest BCUT2D eigenvalue weighted by Gasteiger charge is -2.32. The zero-order valence-corrected chi connectivity index (χ0v) is 22.4. The van der Waals surface area contributed by atoms with Crippen LogP contribution in [0.25, 0.3) is 10.9 Å². The number of para-hydroxylation sites is 1. The summed E-state index contributed by atoms with van der Waals surface area (Å²) in [6.07, 6.45) is 1.65. The molecule has 0 fully saturated rings. The number of nitrogen functional groups attached to an aromatic ring is 1. The third-order valence-corrected chi connectivity index (χ3v) is 6.98. The van der Waals surface area contributed by atoms with Gasteiger partial charge in [-0.2, -0.15) is 4.37 Å². The Morgan fingerprint density at radius 2 is 1.90 bits per heavy atom. The summed E-state index contributed by atoms with van der Waals surface area (Å²) in [7, 11) is 0. The molecule has 4 aromatic rings. The van der Waals surface area contributed by atoms with Crippen LogP contribution in [0, 0.1) is 13.8 Å². The number of aromatic amines is 1. The molecule has 202 valence electrons. The number of nitrogens with zero attached hydrogens (tertiary/aromatic N) is 2. The van der Waals surface area contributed by atoms with Gasteiger partial charge in [0.25, 0.3) is 11.8 Å². The maximum atomic E-state index is 14.3. The number of anilines is 2. The predicted molar refractivity (Wildman–Crippen MR) is 148 cm³/mol. The number of nitrogens with two attached hydrogens (primary N) is 2. The van der Waals surface area contributed by atoms with Gasteiger partial charge < -0.3 is 26.5 Å². The maximum Gasteiger partial charge on any atom is 0.325 e. The van der Waals surface area contributed by atoms with Crippen molar-refractivity contribution in [1.82, 2.24) is 14.7 Å². The van der Waals surface area contributed by atoms with E-state index in [1.54, 1.807) is 19.2 Å². The number of fused-ring (bicyclic) bond motifs is 1. The number of benzene rings is 2. The molecule has 0 saturated carbocycles. The number of rotatable bonds is 9. The van der Waals surface area contributed by atoms with Crippen molar-refractivity contribution in [2.75, 3.05) is 23.8 Å². The largest absolute Gasteiger partial charge is 0.465 e. The number of aryl methyl sites for hydroxylation is 2. The summed E-state index contributed by atoms with van der Waals surface area (Å²) >= 11 is 0.720. The zero-order chi connectivity index (χ0) is 28.3. The first-order valence-corrected chi connectivity index (χ1v) is 12.9. The van der Waals surface area contributed by atoms with Crippen LogP contribution < -0.4 is 21.7 Å².